The molecular formula is C107H172Cl6O17P6Si6+6. The third-order valence-electron chi connectivity index (χ3n) is 26.3. The Morgan fingerprint density at radius 2 is 0.373 bits per heavy atom. The minimum absolute atomic E-state index is 0.356. The highest BCUT2D eigenvalue weighted by Gasteiger charge is 2.53. The summed E-state index contributed by atoms with van der Waals surface area (Å²) in [6, 6.07) is 97.2. The molecular weight excluding hydrogens is 2120 g/mol. The van der Waals surface area contributed by atoms with Gasteiger partial charge in [0.05, 0.1) is 132 Å². The van der Waals surface area contributed by atoms with Crippen LogP contribution in [-0.4, -0.2) is 215 Å². The van der Waals surface area contributed by atoms with E-state index in [0.717, 1.165) is 62.7 Å². The van der Waals surface area contributed by atoms with Gasteiger partial charge in [-0.25, -0.2) is 56.8 Å². The second-order valence-electron chi connectivity index (χ2n) is 34.1. The van der Waals surface area contributed by atoms with Crippen molar-refractivity contribution < 1.29 is 78.9 Å². The summed E-state index contributed by atoms with van der Waals surface area (Å²) in [6.07, 6.45) is 25.0. The van der Waals surface area contributed by atoms with E-state index >= 15 is 0 Å². The molecule has 0 aromatic heterocycles. The van der Waals surface area contributed by atoms with E-state index in [2.05, 4.69) is 335 Å². The predicted octanol–water partition coefficient (Wildman–Crippen LogP) is 27.9. The highest BCUT2D eigenvalue weighted by molar-refractivity contribution is 7.96. The van der Waals surface area contributed by atoms with Gasteiger partial charge in [-0.05, 0) is 270 Å². The highest BCUT2D eigenvalue weighted by Crippen LogP contribution is 2.63. The van der Waals surface area contributed by atoms with Crippen molar-refractivity contribution in [3.8, 4) is 0 Å². The number of halogens is 6. The van der Waals surface area contributed by atoms with Gasteiger partial charge in [0.1, 0.15) is 69.5 Å². The molecule has 35 heteroatoms. The van der Waals surface area contributed by atoms with Crippen LogP contribution < -0.4 is 47.7 Å². The molecule has 0 aliphatic rings. The van der Waals surface area contributed by atoms with Gasteiger partial charge in [0.15, 0.2) is 0 Å². The molecule has 0 aliphatic carbocycles. The number of hydrogen-bond acceptors (Lipinski definition) is 17. The first-order valence-corrected chi connectivity index (χ1v) is 82.5. The first kappa shape index (κ1) is 132. The Morgan fingerprint density at radius 1 is 0.211 bits per heavy atom. The average Bonchev–Trinajstić information content (AvgIpc) is 0.765. The van der Waals surface area contributed by atoms with E-state index in [-0.39, 0.29) is 0 Å². The fraction of sp³-hybridized carbons (Fsp3) is 0.495. The Morgan fingerprint density at radius 3 is 0.535 bits per heavy atom. The van der Waals surface area contributed by atoms with Gasteiger partial charge in [-0.3, -0.25) is 0 Å². The van der Waals surface area contributed by atoms with Crippen molar-refractivity contribution >= 4 is 205 Å². The van der Waals surface area contributed by atoms with Crippen LogP contribution in [-0.2, 0) is 78.9 Å². The molecule has 0 atom stereocenters. The largest absolute Gasteiger partial charge is 0.584 e. The van der Waals surface area contributed by atoms with E-state index in [1.165, 1.54) is 134 Å². The van der Waals surface area contributed by atoms with Gasteiger partial charge in [0.25, 0.3) is 0 Å². The van der Waals surface area contributed by atoms with E-state index in [1.54, 1.807) is 35.5 Å². The quantitative estimate of drug-likeness (QED) is 0.0116. The Balaban J connectivity index is 0.000000365. The molecule has 142 heavy (non-hydrogen) atoms. The van der Waals surface area contributed by atoms with E-state index in [1.807, 2.05) is 41.5 Å². The van der Waals surface area contributed by atoms with E-state index in [0.29, 0.717) is 57.8 Å². The summed E-state index contributed by atoms with van der Waals surface area (Å²) < 4.78 is 61.1. The molecule has 0 spiro atoms. The van der Waals surface area contributed by atoms with Gasteiger partial charge < -0.3 is 22.1 Å². The first-order chi connectivity index (χ1) is 68.6. The predicted molar refractivity (Wildman–Crippen MR) is 639 cm³/mol. The second kappa shape index (κ2) is 74.0. The van der Waals surface area contributed by atoms with Crippen molar-refractivity contribution in [1.82, 2.24) is 0 Å². The summed E-state index contributed by atoms with van der Waals surface area (Å²) in [6.45, 7) is 34.3. The maximum absolute atomic E-state index is 6.18. The van der Waals surface area contributed by atoms with Crippen molar-refractivity contribution in [2.75, 3.05) is 168 Å². The first-order valence-electron chi connectivity index (χ1n) is 51.0. The number of benzene rings is 9. The molecule has 792 valence electrons. The van der Waals surface area contributed by atoms with Crippen LogP contribution >= 0.6 is 110 Å². The molecule has 0 fully saturated rings. The Hall–Kier alpha value is -2.08. The standard InChI is InChI=1S/C27H36O6PSi.C24H30O3PSi.C21H21Cl3PSi.C15H36O6PSi.C11H28O2PSi.C9H21Cl3PSi/c1-4-28-31-35(32-29-5-2,33-30-6-3)24-16-23-34(25-17-10-7-11-18-25,26-19-12-8-13-20-26)27-21-14-9-15-22-27;1-25-29(26-2,27-3)21-13-20-28(22-14-7-4-8-15-22,23-16-9-5-10-17-23)24-18-11-6-12-19-24;22-26(23,24)18-10-17-25(19-11-4-1-5-12-19,20-13-6-2-7-14-20)21-15-8-3-9-16-21;1-7-16-19-23(20-17-8-2,21-18-9-3)15-13-14-22(10-4,11-5)12-6;1-6-14(7-2,8-3)10-9-11-15(12-4)13-5;1-4-13(5-2,6-3)8-7-9-14(10,11)12/h7-15,17-22H,4-6,16,23-24H2,1-3H3;4-12,14-19H,13,20-21H2,1-3H3;1-9,11-16H,10,17-18H2;7-15H2,1-6H3;15H,6-11H2,1-5H3;4-9H2,1-3H3/q6*+1. The van der Waals surface area contributed by atoms with Crippen LogP contribution in [0.1, 0.15) is 142 Å². The van der Waals surface area contributed by atoms with Crippen molar-refractivity contribution in [3.63, 3.8) is 0 Å². The fourth-order valence-corrected chi connectivity index (χ4v) is 52.0. The lowest BCUT2D eigenvalue weighted by molar-refractivity contribution is -0.360. The molecule has 9 rings (SSSR count). The van der Waals surface area contributed by atoms with Gasteiger partial charge in [-0.2, -0.15) is 0 Å². The molecule has 9 aromatic rings. The summed E-state index contributed by atoms with van der Waals surface area (Å²) >= 11 is 36.2. The Kier molecular flexibility index (Phi) is 68.9. The Labute approximate surface area is 896 Å². The average molecular weight is 2300 g/mol. The van der Waals surface area contributed by atoms with E-state index in [9.17, 15) is 0 Å². The smallest absolute Gasteiger partial charge is 0.400 e. The van der Waals surface area contributed by atoms with Crippen LogP contribution in [0.25, 0.3) is 0 Å². The van der Waals surface area contributed by atoms with Gasteiger partial charge in [-0.15, -0.1) is 66.5 Å². The maximum atomic E-state index is 6.18. The molecule has 0 saturated carbocycles. The fourth-order valence-electron chi connectivity index (χ4n) is 17.6. The van der Waals surface area contributed by atoms with Crippen LogP contribution in [0.4, 0.5) is 0 Å². The van der Waals surface area contributed by atoms with Gasteiger partial charge >= 0.3 is 47.7 Å². The summed E-state index contributed by atoms with van der Waals surface area (Å²) in [5.41, 5.74) is 0. The molecule has 0 aliphatic heterocycles. The van der Waals surface area contributed by atoms with Gasteiger partial charge in [0.2, 0.25) is 0 Å². The lowest BCUT2D eigenvalue weighted by atomic mass is 10.4. The Bertz CT molecular complexity index is 4200. The van der Waals surface area contributed by atoms with Gasteiger partial charge in [-0.1, -0.05) is 164 Å². The van der Waals surface area contributed by atoms with E-state index < -0.39 is 91.3 Å². The van der Waals surface area contributed by atoms with Crippen LogP contribution in [0, 0.1) is 0 Å². The molecule has 17 nitrogen and oxygen atoms in total. The summed E-state index contributed by atoms with van der Waals surface area (Å²) in [5, 5.41) is 12.3. The molecule has 0 radical (unpaired) electrons. The van der Waals surface area contributed by atoms with Crippen molar-refractivity contribution in [2.24, 2.45) is 0 Å². The van der Waals surface area contributed by atoms with Crippen LogP contribution in [0.3, 0.4) is 0 Å². The third-order valence-corrected chi connectivity index (χ3v) is 69.9. The molecule has 0 unspecified atom stereocenters. The zero-order valence-corrected chi connectivity index (χ0v) is 105. The normalized spacial score (nSPS) is 12.4. The van der Waals surface area contributed by atoms with Crippen LogP contribution in [0.5, 0.6) is 0 Å². The van der Waals surface area contributed by atoms with Crippen LogP contribution in [0.15, 0.2) is 273 Å². The second-order valence-corrected chi connectivity index (χ2v) is 88.7. The van der Waals surface area contributed by atoms with Crippen molar-refractivity contribution in [2.45, 2.75) is 179 Å². The topological polar surface area (TPSA) is 157 Å². The van der Waals surface area contributed by atoms with Crippen LogP contribution in [0.2, 0.25) is 36.3 Å². The molecule has 9 aromatic carbocycles. The third kappa shape index (κ3) is 44.5. The minimum Gasteiger partial charge on any atom is -0.400 e. The van der Waals surface area contributed by atoms with Crippen molar-refractivity contribution in [1.29, 1.82) is 0 Å². The zero-order valence-electron chi connectivity index (χ0n) is 88.8. The van der Waals surface area contributed by atoms with Gasteiger partial charge in [0, 0.05) is 75.5 Å². The molecule has 0 heterocycles. The zero-order chi connectivity index (χ0) is 104. The van der Waals surface area contributed by atoms with Crippen molar-refractivity contribution in [3.05, 3.63) is 273 Å². The highest BCUT2D eigenvalue weighted by atomic mass is 35.8. The van der Waals surface area contributed by atoms with E-state index in [4.69, 9.17) is 145 Å². The number of hydrogen-bond donors (Lipinski definition) is 0. The molecule has 0 bridgehead atoms. The molecule has 0 N–H and O–H groups in total. The minimum atomic E-state index is -3.41. The monoisotopic (exact) mass is 2290 g/mol. The molecule has 0 amide bonds. The SMILES string of the molecule is CCOO[Si](CCC[P+](CC)(CC)CC)(OOCC)OOCC.CCOO[Si](CCC[P+](c1ccccc1)(c1ccccc1)c1ccccc1)(OOCC)OOCC.CC[P+](CC)(CC)CCC[SiH](OC)OC.CC[P+](CC)(CC)CCC[Si](Cl)(Cl)Cl.CO[Si](CCC[P+](c1ccccc1)(c1ccccc1)c1ccccc1)(OC)OC.Cl[Si](Cl)(Cl)CCC[P+](c1ccccc1)(c1ccccc1)c1ccccc1. The summed E-state index contributed by atoms with van der Waals surface area (Å²) in [4.78, 5) is 31.2. The molecule has 0 saturated heterocycles. The summed E-state index contributed by atoms with van der Waals surface area (Å²) in [5.74, 6) is 0. The lowest BCUT2D eigenvalue weighted by Gasteiger charge is -2.29. The summed E-state index contributed by atoms with van der Waals surface area (Å²) in [7, 11) is -9.58. The number of rotatable bonds is 65. The lowest BCUT2D eigenvalue weighted by Crippen LogP contribution is -2.46. The maximum Gasteiger partial charge on any atom is 0.584 e.